The lowest BCUT2D eigenvalue weighted by Crippen LogP contribution is -2.24. The molecule has 0 unspecified atom stereocenters. The van der Waals surface area contributed by atoms with Gasteiger partial charge < -0.3 is 15.4 Å². The maximum atomic E-state index is 12.0. The zero-order valence-electron chi connectivity index (χ0n) is 15.9. The standard InChI is InChI=1S/C21H27N3O2/c1-7-18(15-22-8-2)26-19-11-9-10-17(14-19)24-20(25)23-13-12-16(3)21(4,5)6/h7-15H,1,3H2,2,4-6H3,(H2,23,24,25)/b13-12+,18-15+,22-8?. The van der Waals surface area contributed by atoms with Crippen LogP contribution in [0.2, 0.25) is 0 Å². The van der Waals surface area contributed by atoms with Crippen LogP contribution < -0.4 is 15.4 Å². The third-order valence-corrected chi connectivity index (χ3v) is 3.34. The fourth-order valence-corrected chi connectivity index (χ4v) is 1.68. The number of ether oxygens (including phenoxy) is 1. The van der Waals surface area contributed by atoms with Gasteiger partial charge in [0.25, 0.3) is 0 Å². The molecule has 0 aromatic heterocycles. The number of nitrogens with zero attached hydrogens (tertiary/aromatic N) is 1. The first-order valence-corrected chi connectivity index (χ1v) is 8.28. The minimum atomic E-state index is -0.352. The summed E-state index contributed by atoms with van der Waals surface area (Å²) in [7, 11) is 0. The second-order valence-electron chi connectivity index (χ2n) is 6.48. The minimum Gasteiger partial charge on any atom is -0.456 e. The molecule has 5 heteroatoms. The number of hydrogen-bond donors (Lipinski definition) is 2. The molecular weight excluding hydrogens is 326 g/mol. The second kappa shape index (κ2) is 10.0. The van der Waals surface area contributed by atoms with Crippen molar-refractivity contribution in [2.24, 2.45) is 10.4 Å². The zero-order chi connectivity index (χ0) is 19.6. The van der Waals surface area contributed by atoms with Gasteiger partial charge in [0.1, 0.15) is 11.5 Å². The first kappa shape index (κ1) is 21.0. The molecule has 0 aliphatic heterocycles. The van der Waals surface area contributed by atoms with Gasteiger partial charge in [0, 0.05) is 24.2 Å². The summed E-state index contributed by atoms with van der Waals surface area (Å²) in [6, 6.07) is 6.70. The lowest BCUT2D eigenvalue weighted by molar-refractivity contribution is 0.255. The number of rotatable bonds is 7. The van der Waals surface area contributed by atoms with E-state index in [1.165, 1.54) is 0 Å². The molecule has 1 aromatic rings. The van der Waals surface area contributed by atoms with Crippen LogP contribution in [-0.2, 0) is 0 Å². The molecule has 2 amide bonds. The van der Waals surface area contributed by atoms with Gasteiger partial charge in [0.05, 0.1) is 6.20 Å². The molecule has 1 aromatic carbocycles. The molecule has 0 spiro atoms. The Balaban J connectivity index is 2.68. The van der Waals surface area contributed by atoms with Crippen LogP contribution in [0.5, 0.6) is 5.75 Å². The average Bonchev–Trinajstić information content (AvgIpc) is 2.58. The van der Waals surface area contributed by atoms with Gasteiger partial charge in [-0.2, -0.15) is 0 Å². The lowest BCUT2D eigenvalue weighted by atomic mass is 9.88. The summed E-state index contributed by atoms with van der Waals surface area (Å²) in [5.74, 6) is 1.07. The number of anilines is 1. The van der Waals surface area contributed by atoms with E-state index in [1.807, 2.05) is 6.92 Å². The Bertz CT molecular complexity index is 738. The van der Waals surface area contributed by atoms with E-state index in [0.717, 1.165) is 5.57 Å². The van der Waals surface area contributed by atoms with E-state index in [1.54, 1.807) is 55.0 Å². The van der Waals surface area contributed by atoms with E-state index in [9.17, 15) is 4.79 Å². The van der Waals surface area contributed by atoms with Crippen LogP contribution in [0.15, 0.2) is 78.3 Å². The Morgan fingerprint density at radius 3 is 2.65 bits per heavy atom. The van der Waals surface area contributed by atoms with Crippen molar-refractivity contribution in [3.63, 3.8) is 0 Å². The van der Waals surface area contributed by atoms with Crippen molar-refractivity contribution < 1.29 is 9.53 Å². The van der Waals surface area contributed by atoms with Gasteiger partial charge in [-0.25, -0.2) is 4.79 Å². The van der Waals surface area contributed by atoms with Crippen LogP contribution >= 0.6 is 0 Å². The van der Waals surface area contributed by atoms with Crippen molar-refractivity contribution in [3.8, 4) is 5.75 Å². The van der Waals surface area contributed by atoms with Crippen molar-refractivity contribution in [2.45, 2.75) is 27.7 Å². The van der Waals surface area contributed by atoms with Crippen molar-refractivity contribution in [3.05, 3.63) is 73.3 Å². The normalized spacial score (nSPS) is 12.2. The fraction of sp³-hybridized carbons (Fsp3) is 0.238. The second-order valence-corrected chi connectivity index (χ2v) is 6.48. The molecule has 0 atom stereocenters. The zero-order valence-corrected chi connectivity index (χ0v) is 15.9. The van der Waals surface area contributed by atoms with E-state index in [-0.39, 0.29) is 11.4 Å². The third-order valence-electron chi connectivity index (χ3n) is 3.34. The highest BCUT2D eigenvalue weighted by Gasteiger charge is 2.11. The molecule has 138 valence electrons. The highest BCUT2D eigenvalue weighted by atomic mass is 16.5. The number of aliphatic imine (C=N–C) groups is 1. The monoisotopic (exact) mass is 353 g/mol. The summed E-state index contributed by atoms with van der Waals surface area (Å²) in [4.78, 5) is 16.0. The summed E-state index contributed by atoms with van der Waals surface area (Å²) in [5, 5.41) is 5.40. The minimum absolute atomic E-state index is 0.0431. The molecule has 5 nitrogen and oxygen atoms in total. The summed E-state index contributed by atoms with van der Waals surface area (Å²) >= 11 is 0. The van der Waals surface area contributed by atoms with Gasteiger partial charge in [0.2, 0.25) is 0 Å². The van der Waals surface area contributed by atoms with Gasteiger partial charge in [-0.15, -0.1) is 0 Å². The molecule has 0 saturated heterocycles. The summed E-state index contributed by atoms with van der Waals surface area (Å²) in [6.45, 7) is 15.6. The van der Waals surface area contributed by atoms with Crippen LogP contribution in [-0.4, -0.2) is 12.2 Å². The Labute approximate surface area is 155 Å². The third kappa shape index (κ3) is 7.66. The van der Waals surface area contributed by atoms with Crippen molar-refractivity contribution in [2.75, 3.05) is 5.32 Å². The molecular formula is C21H27N3O2. The van der Waals surface area contributed by atoms with Crippen LogP contribution in [0.25, 0.3) is 0 Å². The number of amides is 2. The first-order chi connectivity index (χ1) is 12.3. The van der Waals surface area contributed by atoms with Gasteiger partial charge >= 0.3 is 6.03 Å². The molecule has 0 aliphatic carbocycles. The fourth-order valence-electron chi connectivity index (χ4n) is 1.68. The number of carbonyl (C=O) groups excluding carboxylic acids is 1. The highest BCUT2D eigenvalue weighted by molar-refractivity contribution is 5.90. The van der Waals surface area contributed by atoms with Crippen LogP contribution in [0, 0.1) is 5.41 Å². The molecule has 0 heterocycles. The summed E-state index contributed by atoms with van der Waals surface area (Å²) < 4.78 is 5.67. The first-order valence-electron chi connectivity index (χ1n) is 8.28. The van der Waals surface area contributed by atoms with Crippen LogP contribution in [0.1, 0.15) is 27.7 Å². The highest BCUT2D eigenvalue weighted by Crippen LogP contribution is 2.24. The molecule has 0 saturated carbocycles. The van der Waals surface area contributed by atoms with Gasteiger partial charge in [-0.3, -0.25) is 4.99 Å². The van der Waals surface area contributed by atoms with E-state index in [2.05, 4.69) is 49.6 Å². The molecule has 26 heavy (non-hydrogen) atoms. The number of hydrogen-bond acceptors (Lipinski definition) is 3. The topological polar surface area (TPSA) is 62.7 Å². The molecule has 2 N–H and O–H groups in total. The maximum absolute atomic E-state index is 12.0. The van der Waals surface area contributed by atoms with Crippen LogP contribution in [0.3, 0.4) is 0 Å². The molecule has 0 aliphatic rings. The Hall–Kier alpha value is -3.08. The predicted molar refractivity (Wildman–Crippen MR) is 109 cm³/mol. The molecule has 0 fully saturated rings. The number of nitrogens with one attached hydrogen (secondary N) is 2. The number of allylic oxidation sites excluding steroid dienone is 3. The number of urea groups is 1. The van der Waals surface area contributed by atoms with Crippen molar-refractivity contribution in [1.82, 2.24) is 5.32 Å². The van der Waals surface area contributed by atoms with E-state index in [0.29, 0.717) is 17.2 Å². The Kier molecular flexibility index (Phi) is 8.09. The SMILES string of the molecule is C=C/C(=C\N=CC)Oc1cccc(NC(=O)N/C=C/C(=C)C(C)(C)C)c1. The van der Waals surface area contributed by atoms with E-state index in [4.69, 9.17) is 4.74 Å². The quantitative estimate of drug-likeness (QED) is 0.390. The Morgan fingerprint density at radius 1 is 1.31 bits per heavy atom. The Morgan fingerprint density at radius 2 is 2.04 bits per heavy atom. The van der Waals surface area contributed by atoms with Gasteiger partial charge in [-0.05, 0) is 42.2 Å². The van der Waals surface area contributed by atoms with Gasteiger partial charge in [-0.1, -0.05) is 40.0 Å². The maximum Gasteiger partial charge on any atom is 0.323 e. The van der Waals surface area contributed by atoms with Crippen molar-refractivity contribution in [1.29, 1.82) is 0 Å². The summed E-state index contributed by atoms with van der Waals surface area (Å²) in [5.41, 5.74) is 1.48. The molecule has 0 radical (unpaired) electrons. The van der Waals surface area contributed by atoms with E-state index >= 15 is 0 Å². The summed E-state index contributed by atoms with van der Waals surface area (Å²) in [6.07, 6.45) is 8.13. The molecule has 1 rings (SSSR count). The smallest absolute Gasteiger partial charge is 0.323 e. The van der Waals surface area contributed by atoms with Gasteiger partial charge in [0.15, 0.2) is 0 Å². The van der Waals surface area contributed by atoms with E-state index < -0.39 is 0 Å². The predicted octanol–water partition coefficient (Wildman–Crippen LogP) is 5.42. The van der Waals surface area contributed by atoms with Crippen molar-refractivity contribution >= 4 is 17.9 Å². The average molecular weight is 353 g/mol. The number of benzene rings is 1. The number of carbonyl (C=O) groups is 1. The lowest BCUT2D eigenvalue weighted by Gasteiger charge is -2.18. The molecule has 0 bridgehead atoms. The largest absolute Gasteiger partial charge is 0.456 e. The van der Waals surface area contributed by atoms with Crippen LogP contribution in [0.4, 0.5) is 10.5 Å².